The van der Waals surface area contributed by atoms with Gasteiger partial charge < -0.3 is 14.8 Å². The van der Waals surface area contributed by atoms with Crippen LogP contribution in [0, 0.1) is 0 Å². The van der Waals surface area contributed by atoms with E-state index in [0.717, 1.165) is 27.5 Å². The van der Waals surface area contributed by atoms with Crippen LogP contribution in [0.4, 0.5) is 10.8 Å². The molecule has 0 saturated carbocycles. The standard InChI is InChI=1S/C24H23N3O5S4/c1-15(35-18-9-7-17(8-10-18)27-36(29,30)22-5-4-12-33-22)23(28)26-24-25-19(14-34-24)16-6-11-20(31-2)21(13-16)32-3/h4-15,27H,1-3H3,(H,25,26,28). The second kappa shape index (κ2) is 11.3. The van der Waals surface area contributed by atoms with Crippen molar-refractivity contribution in [3.63, 3.8) is 0 Å². The van der Waals surface area contributed by atoms with Gasteiger partial charge in [-0.1, -0.05) is 6.07 Å². The van der Waals surface area contributed by atoms with Crippen LogP contribution in [0.5, 0.6) is 11.5 Å². The van der Waals surface area contributed by atoms with Gasteiger partial charge in [0, 0.05) is 21.5 Å². The van der Waals surface area contributed by atoms with Gasteiger partial charge in [0.1, 0.15) is 4.21 Å². The minimum absolute atomic E-state index is 0.185. The SMILES string of the molecule is COc1ccc(-c2csc(NC(=O)C(C)Sc3ccc(NS(=O)(=O)c4cccs4)cc3)n2)cc1OC. The zero-order chi connectivity index (χ0) is 25.7. The second-order valence-electron chi connectivity index (χ2n) is 7.42. The summed E-state index contributed by atoms with van der Waals surface area (Å²) < 4.78 is 38.2. The van der Waals surface area contributed by atoms with E-state index in [1.54, 1.807) is 62.9 Å². The average Bonchev–Trinajstić information content (AvgIpc) is 3.58. The van der Waals surface area contributed by atoms with E-state index >= 15 is 0 Å². The highest BCUT2D eigenvalue weighted by Crippen LogP contribution is 2.34. The molecule has 0 aliphatic carbocycles. The molecule has 0 aliphatic rings. The number of thiazole rings is 1. The second-order valence-corrected chi connectivity index (χ2v) is 12.5. The van der Waals surface area contributed by atoms with E-state index in [1.807, 2.05) is 23.6 Å². The molecule has 36 heavy (non-hydrogen) atoms. The van der Waals surface area contributed by atoms with Crippen LogP contribution in [0.15, 0.2) is 74.5 Å². The third-order valence-electron chi connectivity index (χ3n) is 4.96. The minimum atomic E-state index is -3.60. The number of anilines is 2. The van der Waals surface area contributed by atoms with Crippen LogP contribution < -0.4 is 19.5 Å². The Morgan fingerprint density at radius 1 is 1.03 bits per heavy atom. The summed E-state index contributed by atoms with van der Waals surface area (Å²) >= 11 is 3.86. The van der Waals surface area contributed by atoms with Gasteiger partial charge in [-0.2, -0.15) is 0 Å². The van der Waals surface area contributed by atoms with Gasteiger partial charge in [-0.3, -0.25) is 9.52 Å². The van der Waals surface area contributed by atoms with E-state index in [-0.39, 0.29) is 10.1 Å². The van der Waals surface area contributed by atoms with Crippen molar-refractivity contribution in [1.29, 1.82) is 0 Å². The lowest BCUT2D eigenvalue weighted by Crippen LogP contribution is -2.22. The molecule has 8 nitrogen and oxygen atoms in total. The number of nitrogens with zero attached hydrogens (tertiary/aromatic N) is 1. The highest BCUT2D eigenvalue weighted by atomic mass is 32.2. The number of methoxy groups -OCH3 is 2. The van der Waals surface area contributed by atoms with E-state index in [9.17, 15) is 13.2 Å². The Labute approximate surface area is 221 Å². The summed E-state index contributed by atoms with van der Waals surface area (Å²) in [6, 6.07) is 15.7. The molecule has 188 valence electrons. The Balaban J connectivity index is 1.35. The molecule has 12 heteroatoms. The van der Waals surface area contributed by atoms with Crippen molar-refractivity contribution in [2.75, 3.05) is 24.3 Å². The summed E-state index contributed by atoms with van der Waals surface area (Å²) in [4.78, 5) is 18.1. The number of hydrogen-bond acceptors (Lipinski definition) is 9. The van der Waals surface area contributed by atoms with E-state index in [0.29, 0.717) is 22.3 Å². The fourth-order valence-corrected chi connectivity index (χ4v) is 6.79. The number of thiophene rings is 1. The quantitative estimate of drug-likeness (QED) is 0.235. The molecular formula is C24H23N3O5S4. The maximum atomic E-state index is 12.7. The van der Waals surface area contributed by atoms with Crippen LogP contribution in [-0.2, 0) is 14.8 Å². The molecule has 2 N–H and O–H groups in total. The number of carbonyl (C=O) groups excluding carboxylic acids is 1. The van der Waals surface area contributed by atoms with Crippen LogP contribution in [0.1, 0.15) is 6.92 Å². The fourth-order valence-electron chi connectivity index (χ4n) is 3.15. The number of amides is 1. The van der Waals surface area contributed by atoms with Crippen molar-refractivity contribution in [2.24, 2.45) is 0 Å². The molecule has 0 bridgehead atoms. The van der Waals surface area contributed by atoms with Crippen LogP contribution in [-0.4, -0.2) is 38.8 Å². The van der Waals surface area contributed by atoms with Crippen LogP contribution in [0.25, 0.3) is 11.3 Å². The Hall–Kier alpha value is -3.06. The third-order valence-corrected chi connectivity index (χ3v) is 9.61. The van der Waals surface area contributed by atoms with Gasteiger partial charge in [-0.05, 0) is 60.8 Å². The van der Waals surface area contributed by atoms with Gasteiger partial charge in [-0.25, -0.2) is 13.4 Å². The number of ether oxygens (including phenoxy) is 2. The van der Waals surface area contributed by atoms with E-state index in [2.05, 4.69) is 15.0 Å². The molecule has 2 aromatic heterocycles. The van der Waals surface area contributed by atoms with Crippen LogP contribution >= 0.6 is 34.4 Å². The van der Waals surface area contributed by atoms with E-state index < -0.39 is 15.3 Å². The first-order valence-corrected chi connectivity index (χ1v) is 14.7. The molecule has 4 rings (SSSR count). The molecule has 1 atom stereocenters. The largest absolute Gasteiger partial charge is 0.493 e. The number of thioether (sulfide) groups is 1. The molecule has 1 unspecified atom stereocenters. The van der Waals surface area contributed by atoms with Gasteiger partial charge in [-0.15, -0.1) is 34.4 Å². The Morgan fingerprint density at radius 2 is 1.78 bits per heavy atom. The lowest BCUT2D eigenvalue weighted by Gasteiger charge is -2.11. The van der Waals surface area contributed by atoms with Crippen molar-refractivity contribution in [3.05, 3.63) is 65.4 Å². The Morgan fingerprint density at radius 3 is 2.44 bits per heavy atom. The molecule has 2 heterocycles. The fraction of sp³-hybridized carbons (Fsp3) is 0.167. The van der Waals surface area contributed by atoms with Gasteiger partial charge >= 0.3 is 0 Å². The highest BCUT2D eigenvalue weighted by molar-refractivity contribution is 8.00. The van der Waals surface area contributed by atoms with E-state index in [4.69, 9.17) is 9.47 Å². The first-order valence-electron chi connectivity index (χ1n) is 10.6. The average molecular weight is 562 g/mol. The predicted octanol–water partition coefficient (Wildman–Crippen LogP) is 5.81. The monoisotopic (exact) mass is 561 g/mol. The first kappa shape index (κ1) is 26.0. The number of carbonyl (C=O) groups is 1. The van der Waals surface area contributed by atoms with Gasteiger partial charge in [0.25, 0.3) is 10.0 Å². The molecule has 4 aromatic rings. The number of sulfonamides is 1. The first-order chi connectivity index (χ1) is 17.3. The van der Waals surface area contributed by atoms with Crippen LogP contribution in [0.3, 0.4) is 0 Å². The summed E-state index contributed by atoms with van der Waals surface area (Å²) in [6.07, 6.45) is 0. The maximum Gasteiger partial charge on any atom is 0.271 e. The lowest BCUT2D eigenvalue weighted by molar-refractivity contribution is -0.115. The van der Waals surface area contributed by atoms with Crippen molar-refractivity contribution >= 4 is 61.2 Å². The zero-order valence-electron chi connectivity index (χ0n) is 19.5. The molecule has 0 aliphatic heterocycles. The van der Waals surface area contributed by atoms with Gasteiger partial charge in [0.2, 0.25) is 5.91 Å². The number of nitrogens with one attached hydrogen (secondary N) is 2. The molecule has 0 radical (unpaired) electrons. The Kier molecular flexibility index (Phi) is 8.19. The van der Waals surface area contributed by atoms with Gasteiger partial charge in [0.15, 0.2) is 16.6 Å². The summed E-state index contributed by atoms with van der Waals surface area (Å²) in [7, 11) is -0.449. The van der Waals surface area contributed by atoms with Crippen molar-refractivity contribution in [2.45, 2.75) is 21.3 Å². The predicted molar refractivity (Wildman–Crippen MR) is 146 cm³/mol. The minimum Gasteiger partial charge on any atom is -0.493 e. The number of hydrogen-bond donors (Lipinski definition) is 2. The van der Waals surface area contributed by atoms with Crippen molar-refractivity contribution < 1.29 is 22.7 Å². The maximum absolute atomic E-state index is 12.7. The van der Waals surface area contributed by atoms with Crippen LogP contribution in [0.2, 0.25) is 0 Å². The molecular weight excluding hydrogens is 539 g/mol. The molecule has 0 spiro atoms. The number of aromatic nitrogens is 1. The summed E-state index contributed by atoms with van der Waals surface area (Å²) in [6.45, 7) is 1.80. The number of rotatable bonds is 10. The highest BCUT2D eigenvalue weighted by Gasteiger charge is 2.18. The zero-order valence-corrected chi connectivity index (χ0v) is 22.8. The molecule has 1 amide bonds. The smallest absolute Gasteiger partial charge is 0.271 e. The lowest BCUT2D eigenvalue weighted by atomic mass is 10.1. The van der Waals surface area contributed by atoms with Crippen molar-refractivity contribution in [1.82, 2.24) is 4.98 Å². The van der Waals surface area contributed by atoms with Gasteiger partial charge in [0.05, 0.1) is 25.2 Å². The van der Waals surface area contributed by atoms with E-state index in [1.165, 1.54) is 23.1 Å². The number of benzene rings is 2. The third kappa shape index (κ3) is 6.19. The normalized spacial score (nSPS) is 12.1. The molecule has 0 fully saturated rings. The summed E-state index contributed by atoms with van der Waals surface area (Å²) in [5, 5.41) is 6.54. The molecule has 0 saturated heterocycles. The van der Waals surface area contributed by atoms with Crippen molar-refractivity contribution in [3.8, 4) is 22.8 Å². The summed E-state index contributed by atoms with van der Waals surface area (Å²) in [5.74, 6) is 1.04. The Bertz CT molecular complexity index is 1430. The molecule has 2 aromatic carbocycles. The topological polar surface area (TPSA) is 107 Å². The summed E-state index contributed by atoms with van der Waals surface area (Å²) in [5.41, 5.74) is 2.02.